The molecule has 2 aliphatic carbocycles. The summed E-state index contributed by atoms with van der Waals surface area (Å²) in [6.07, 6.45) is 2.87. The molecule has 154 valence electrons. The molecule has 1 saturated carbocycles. The molecule has 30 heavy (non-hydrogen) atoms. The minimum Gasteiger partial charge on any atom is -0.493 e. The molecule has 0 N–H and O–H groups in total. The molecule has 6 nitrogen and oxygen atoms in total. The molecule has 1 atom stereocenters. The second kappa shape index (κ2) is 7.74. The van der Waals surface area contributed by atoms with Crippen LogP contribution in [0.5, 0.6) is 11.5 Å². The molecular weight excluding hydrogens is 466 g/mol. The number of Topliss-reactive ketones (excluding diaryl/α,β-unsaturated/α-hetero) is 1. The highest BCUT2D eigenvalue weighted by atomic mass is 79.9. The van der Waals surface area contributed by atoms with Crippen molar-refractivity contribution in [3.8, 4) is 22.9 Å². The Morgan fingerprint density at radius 2 is 1.77 bits per heavy atom. The van der Waals surface area contributed by atoms with E-state index in [1.54, 1.807) is 20.3 Å². The van der Waals surface area contributed by atoms with Crippen LogP contribution in [0.25, 0.3) is 11.4 Å². The summed E-state index contributed by atoms with van der Waals surface area (Å²) in [4.78, 5) is 13.1. The van der Waals surface area contributed by atoms with Gasteiger partial charge in [0.05, 0.1) is 19.5 Å². The molecular formula is C22H20BrN3O3S. The number of benzene rings is 2. The van der Waals surface area contributed by atoms with Crippen LogP contribution in [0.1, 0.15) is 34.8 Å². The van der Waals surface area contributed by atoms with Gasteiger partial charge in [-0.2, -0.15) is 0 Å². The molecule has 1 aromatic heterocycles. The van der Waals surface area contributed by atoms with Crippen LogP contribution in [0.15, 0.2) is 46.0 Å². The lowest BCUT2D eigenvalue weighted by atomic mass is 10.1. The fourth-order valence-electron chi connectivity index (χ4n) is 3.82. The van der Waals surface area contributed by atoms with Crippen molar-refractivity contribution in [1.82, 2.24) is 14.8 Å². The van der Waals surface area contributed by atoms with Crippen molar-refractivity contribution in [3.63, 3.8) is 0 Å². The van der Waals surface area contributed by atoms with Crippen molar-refractivity contribution < 1.29 is 14.3 Å². The molecule has 8 heteroatoms. The molecule has 0 aliphatic heterocycles. The smallest absolute Gasteiger partial charge is 0.192 e. The third kappa shape index (κ3) is 3.41. The van der Waals surface area contributed by atoms with Crippen LogP contribution in [-0.2, 0) is 6.42 Å². The number of thioether (sulfide) groups is 1. The number of methoxy groups -OCH3 is 2. The monoisotopic (exact) mass is 485 g/mol. The van der Waals surface area contributed by atoms with Crippen LogP contribution in [0.4, 0.5) is 0 Å². The average molecular weight is 486 g/mol. The number of fused-ring (bicyclic) bond motifs is 1. The summed E-state index contributed by atoms with van der Waals surface area (Å²) in [6.45, 7) is 0. The van der Waals surface area contributed by atoms with Gasteiger partial charge in [-0.1, -0.05) is 39.8 Å². The summed E-state index contributed by atoms with van der Waals surface area (Å²) in [5, 5.41) is 9.52. The number of hydrogen-bond donors (Lipinski definition) is 0. The van der Waals surface area contributed by atoms with Gasteiger partial charge in [-0.25, -0.2) is 0 Å². The number of carbonyl (C=O) groups is 1. The van der Waals surface area contributed by atoms with Crippen molar-refractivity contribution in [2.75, 3.05) is 14.2 Å². The maximum atomic E-state index is 13.1. The van der Waals surface area contributed by atoms with Gasteiger partial charge in [0.15, 0.2) is 28.3 Å². The number of halogens is 1. The SMILES string of the molecule is COc1cc2c(cc1OC)C(=O)[C@@H](Sc1nnc(-c3ccc(Br)cc3)n1C1CC1)C2. The lowest BCUT2D eigenvalue weighted by Gasteiger charge is -2.11. The molecule has 3 aromatic rings. The van der Waals surface area contributed by atoms with Gasteiger partial charge >= 0.3 is 0 Å². The van der Waals surface area contributed by atoms with Gasteiger partial charge in [0, 0.05) is 21.6 Å². The van der Waals surface area contributed by atoms with E-state index in [0.717, 1.165) is 39.4 Å². The van der Waals surface area contributed by atoms with E-state index in [1.807, 2.05) is 30.3 Å². The predicted molar refractivity (Wildman–Crippen MR) is 119 cm³/mol. The van der Waals surface area contributed by atoms with E-state index >= 15 is 0 Å². The van der Waals surface area contributed by atoms with Gasteiger partial charge in [0.2, 0.25) is 0 Å². The number of ketones is 1. The van der Waals surface area contributed by atoms with Crippen LogP contribution in [-0.4, -0.2) is 40.0 Å². The third-order valence-electron chi connectivity index (χ3n) is 5.50. The number of nitrogens with zero attached hydrogens (tertiary/aromatic N) is 3. The van der Waals surface area contributed by atoms with Crippen LogP contribution in [0.3, 0.4) is 0 Å². The summed E-state index contributed by atoms with van der Waals surface area (Å²) in [6, 6.07) is 12.2. The minimum atomic E-state index is -0.226. The molecule has 1 fully saturated rings. The first-order valence-corrected chi connectivity index (χ1v) is 11.4. The number of carbonyl (C=O) groups excluding carboxylic acids is 1. The molecule has 2 aliphatic rings. The van der Waals surface area contributed by atoms with Gasteiger partial charge in [0.1, 0.15) is 0 Å². The van der Waals surface area contributed by atoms with Crippen molar-refractivity contribution >= 4 is 33.5 Å². The molecule has 1 heterocycles. The zero-order valence-electron chi connectivity index (χ0n) is 16.6. The molecule has 0 radical (unpaired) electrons. The van der Waals surface area contributed by atoms with Crippen LogP contribution >= 0.6 is 27.7 Å². The third-order valence-corrected chi connectivity index (χ3v) is 7.18. The van der Waals surface area contributed by atoms with Gasteiger partial charge in [-0.15, -0.1) is 10.2 Å². The van der Waals surface area contributed by atoms with E-state index in [1.165, 1.54) is 11.8 Å². The fourth-order valence-corrected chi connectivity index (χ4v) is 5.28. The van der Waals surface area contributed by atoms with Crippen LogP contribution in [0, 0.1) is 0 Å². The zero-order valence-corrected chi connectivity index (χ0v) is 19.0. The van der Waals surface area contributed by atoms with Crippen molar-refractivity contribution in [2.24, 2.45) is 0 Å². The lowest BCUT2D eigenvalue weighted by Crippen LogP contribution is -2.13. The number of rotatable bonds is 6. The second-order valence-electron chi connectivity index (χ2n) is 7.45. The lowest BCUT2D eigenvalue weighted by molar-refractivity contribution is 0.1000. The zero-order chi connectivity index (χ0) is 20.8. The Morgan fingerprint density at radius 3 is 2.43 bits per heavy atom. The molecule has 0 amide bonds. The van der Waals surface area contributed by atoms with Gasteiger partial charge < -0.3 is 9.47 Å². The van der Waals surface area contributed by atoms with Crippen molar-refractivity contribution in [1.29, 1.82) is 0 Å². The average Bonchev–Trinajstić information content (AvgIpc) is 3.45. The standard InChI is InChI=1S/C22H20BrN3O3S/c1-28-17-9-13-10-19(20(27)16(13)11-18(17)29-2)30-22-25-24-21(26(22)15-7-8-15)12-3-5-14(23)6-4-12/h3-6,9,11,15,19H,7-8,10H2,1-2H3/t19-/m0/s1. The Kier molecular flexibility index (Phi) is 5.06. The summed E-state index contributed by atoms with van der Waals surface area (Å²) in [5.74, 6) is 2.19. The first-order valence-electron chi connectivity index (χ1n) is 9.75. The first-order chi connectivity index (χ1) is 14.6. The van der Waals surface area contributed by atoms with Gasteiger partial charge in [0.25, 0.3) is 0 Å². The first kappa shape index (κ1) is 19.6. The Balaban J connectivity index is 1.45. The van der Waals surface area contributed by atoms with E-state index in [2.05, 4.69) is 30.7 Å². The molecule has 0 bridgehead atoms. The highest BCUT2D eigenvalue weighted by Crippen LogP contribution is 2.44. The van der Waals surface area contributed by atoms with Crippen LogP contribution in [0.2, 0.25) is 0 Å². The van der Waals surface area contributed by atoms with E-state index < -0.39 is 0 Å². The highest BCUT2D eigenvalue weighted by Gasteiger charge is 2.36. The summed E-state index contributed by atoms with van der Waals surface area (Å²) < 4.78 is 14.0. The van der Waals surface area contributed by atoms with Gasteiger partial charge in [-0.3, -0.25) is 9.36 Å². The molecule has 0 saturated heterocycles. The maximum Gasteiger partial charge on any atom is 0.192 e. The van der Waals surface area contributed by atoms with Crippen molar-refractivity contribution in [2.45, 2.75) is 35.7 Å². The summed E-state index contributed by atoms with van der Waals surface area (Å²) >= 11 is 4.99. The quantitative estimate of drug-likeness (QED) is 0.491. The topological polar surface area (TPSA) is 66.2 Å². The largest absolute Gasteiger partial charge is 0.493 e. The van der Waals surface area contributed by atoms with E-state index in [9.17, 15) is 4.79 Å². The van der Waals surface area contributed by atoms with E-state index in [-0.39, 0.29) is 11.0 Å². The van der Waals surface area contributed by atoms with Gasteiger partial charge in [-0.05, 0) is 49.1 Å². The normalized spacial score (nSPS) is 17.8. The Bertz CT molecular complexity index is 1130. The van der Waals surface area contributed by atoms with Crippen molar-refractivity contribution in [3.05, 3.63) is 52.0 Å². The number of hydrogen-bond acceptors (Lipinski definition) is 6. The van der Waals surface area contributed by atoms with Crippen LogP contribution < -0.4 is 9.47 Å². The van der Waals surface area contributed by atoms with E-state index in [0.29, 0.717) is 29.5 Å². The molecule has 5 rings (SSSR count). The fraction of sp³-hybridized carbons (Fsp3) is 0.318. The molecule has 0 unspecified atom stereocenters. The predicted octanol–water partition coefficient (Wildman–Crippen LogP) is 4.96. The molecule has 0 spiro atoms. The Morgan fingerprint density at radius 1 is 1.07 bits per heavy atom. The summed E-state index contributed by atoms with van der Waals surface area (Å²) in [7, 11) is 3.19. The second-order valence-corrected chi connectivity index (χ2v) is 9.54. The number of aromatic nitrogens is 3. The summed E-state index contributed by atoms with van der Waals surface area (Å²) in [5.41, 5.74) is 2.72. The highest BCUT2D eigenvalue weighted by molar-refractivity contribution is 9.10. The Hall–Kier alpha value is -2.32. The number of ether oxygens (including phenoxy) is 2. The molecule has 2 aromatic carbocycles. The van der Waals surface area contributed by atoms with E-state index in [4.69, 9.17) is 9.47 Å². The minimum absolute atomic E-state index is 0.103. The Labute approximate surface area is 187 Å². The maximum absolute atomic E-state index is 13.1.